The minimum atomic E-state index is -0.917. The Morgan fingerprint density at radius 3 is 1.51 bits per heavy atom. The fourth-order valence-electron chi connectivity index (χ4n) is 4.82. The van der Waals surface area contributed by atoms with Gasteiger partial charge in [0, 0.05) is 25.2 Å². The normalized spacial score (nSPS) is 12.3. The van der Waals surface area contributed by atoms with Crippen molar-refractivity contribution in [3.63, 3.8) is 0 Å². The molecule has 0 aliphatic carbocycles. The van der Waals surface area contributed by atoms with Crippen LogP contribution in [0.25, 0.3) is 0 Å². The lowest BCUT2D eigenvalue weighted by Gasteiger charge is -2.25. The van der Waals surface area contributed by atoms with E-state index in [2.05, 4.69) is 26.5 Å². The van der Waals surface area contributed by atoms with E-state index in [1.165, 1.54) is 0 Å². The molecule has 1 unspecified atom stereocenters. The molecule has 324 valence electrons. The van der Waals surface area contributed by atoms with Gasteiger partial charge in [0.2, 0.25) is 17.7 Å². The average molecular weight is 811 g/mol. The second-order valence-electron chi connectivity index (χ2n) is 12.9. The maximum atomic E-state index is 13.3. The Morgan fingerprint density at radius 2 is 1.09 bits per heavy atom. The number of aryl methyl sites for hydroxylation is 1. The van der Waals surface area contributed by atoms with Crippen LogP contribution in [0.2, 0.25) is 0 Å². The monoisotopic (exact) mass is 810 g/mol. The lowest BCUT2D eigenvalue weighted by Crippen LogP contribution is -2.54. The van der Waals surface area contributed by atoms with E-state index in [9.17, 15) is 19.2 Å². The number of hydrogen-bond donors (Lipinski definition) is 6. The molecule has 0 aromatic heterocycles. The number of benzene rings is 1. The smallest absolute Gasteiger partial charge is 0.312 e. The number of amides is 5. The summed E-state index contributed by atoms with van der Waals surface area (Å²) in [6.07, 6.45) is 1.52. The first-order chi connectivity index (χ1) is 27.7. The van der Waals surface area contributed by atoms with Gasteiger partial charge in [-0.1, -0.05) is 32.9 Å². The number of primary amides is 1. The predicted octanol–water partition coefficient (Wildman–Crippen LogP) is 0.458. The van der Waals surface area contributed by atoms with Gasteiger partial charge in [-0.2, -0.15) is 0 Å². The largest absolute Gasteiger partial charge is 0.379 e. The SMILES string of the molecule is [B]NCCOCCOCCOCCOCCOCCOCCOCCOCCC(=O)NC(C(=O)N[C@@H](CCCNC(N)=O)C(=O)Nc1ccc(CC)cc1)C(C)C. The fourth-order valence-corrected chi connectivity index (χ4v) is 4.82. The van der Waals surface area contributed by atoms with Crippen LogP contribution >= 0.6 is 0 Å². The average Bonchev–Trinajstić information content (AvgIpc) is 3.19. The van der Waals surface area contributed by atoms with Crippen molar-refractivity contribution in [3.8, 4) is 0 Å². The number of anilines is 1. The first-order valence-electron chi connectivity index (χ1n) is 19.8. The second kappa shape index (κ2) is 35.7. The van der Waals surface area contributed by atoms with Gasteiger partial charge in [0.1, 0.15) is 12.1 Å². The van der Waals surface area contributed by atoms with E-state index in [1.54, 1.807) is 26.0 Å². The van der Waals surface area contributed by atoms with E-state index in [-0.39, 0.29) is 44.4 Å². The summed E-state index contributed by atoms with van der Waals surface area (Å²) >= 11 is 0. The minimum absolute atomic E-state index is 0.0379. The highest BCUT2D eigenvalue weighted by molar-refractivity contribution is 6.04. The molecule has 0 fully saturated rings. The van der Waals surface area contributed by atoms with Crippen LogP contribution in [0, 0.1) is 5.92 Å². The van der Waals surface area contributed by atoms with E-state index < -0.39 is 29.9 Å². The molecule has 0 aliphatic heterocycles. The van der Waals surface area contributed by atoms with Crippen LogP contribution in [0.3, 0.4) is 0 Å². The third-order valence-electron chi connectivity index (χ3n) is 7.97. The van der Waals surface area contributed by atoms with Gasteiger partial charge >= 0.3 is 6.03 Å². The van der Waals surface area contributed by atoms with Crippen LogP contribution < -0.4 is 32.2 Å². The van der Waals surface area contributed by atoms with Gasteiger partial charge in [-0.15, -0.1) is 0 Å². The van der Waals surface area contributed by atoms with Crippen molar-refractivity contribution in [2.24, 2.45) is 11.7 Å². The molecule has 0 saturated heterocycles. The molecule has 57 heavy (non-hydrogen) atoms. The third-order valence-corrected chi connectivity index (χ3v) is 7.97. The highest BCUT2D eigenvalue weighted by Gasteiger charge is 2.28. The van der Waals surface area contributed by atoms with Gasteiger partial charge in [-0.3, -0.25) is 14.4 Å². The summed E-state index contributed by atoms with van der Waals surface area (Å²) in [7, 11) is 5.15. The summed E-state index contributed by atoms with van der Waals surface area (Å²) in [5.41, 5.74) is 6.86. The van der Waals surface area contributed by atoms with Gasteiger partial charge in [-0.05, 0) is 42.9 Å². The molecule has 2 atom stereocenters. The molecule has 1 rings (SSSR count). The highest BCUT2D eigenvalue weighted by atomic mass is 16.6. The molecular weight excluding hydrogens is 743 g/mol. The van der Waals surface area contributed by atoms with E-state index in [1.807, 2.05) is 19.1 Å². The molecule has 5 amide bonds. The standard InChI is InChI=1S/C38H67BN6O12/c1-4-31-7-9-32(10-8-31)43-36(47)33(6-5-12-41-38(40)49)44-37(48)35(30(2)3)45-34(46)11-14-50-16-18-52-20-22-54-24-26-56-28-29-57-27-25-55-23-21-53-19-17-51-15-13-42-39/h7-10,30,33,35,42H,4-6,11-29H2,1-3H3,(H,43,47)(H,44,48)(H,45,46)(H3,40,41,49)/t33-,35?/m0/s1. The molecule has 19 heteroatoms. The molecule has 0 saturated carbocycles. The Bertz CT molecular complexity index is 1190. The number of urea groups is 1. The molecule has 1 aromatic rings. The number of rotatable bonds is 38. The number of nitrogens with two attached hydrogens (primary N) is 1. The van der Waals surface area contributed by atoms with Crippen molar-refractivity contribution in [2.75, 3.05) is 124 Å². The Morgan fingerprint density at radius 1 is 0.632 bits per heavy atom. The summed E-state index contributed by atoms with van der Waals surface area (Å²) in [5, 5.41) is 13.4. The molecule has 0 heterocycles. The number of hydrogen-bond acceptors (Lipinski definition) is 13. The Kier molecular flexibility index (Phi) is 32.4. The Hall–Kier alpha value is -3.40. The van der Waals surface area contributed by atoms with Gasteiger partial charge in [0.05, 0.1) is 106 Å². The van der Waals surface area contributed by atoms with Crippen LogP contribution in [0.15, 0.2) is 24.3 Å². The Labute approximate surface area is 339 Å². The van der Waals surface area contributed by atoms with Crippen molar-refractivity contribution >= 4 is 37.4 Å². The third kappa shape index (κ3) is 29.5. The van der Waals surface area contributed by atoms with Crippen LogP contribution in [-0.4, -0.2) is 163 Å². The van der Waals surface area contributed by atoms with Crippen LogP contribution in [0.5, 0.6) is 0 Å². The summed E-state index contributed by atoms with van der Waals surface area (Å²) in [4.78, 5) is 50.3. The summed E-state index contributed by atoms with van der Waals surface area (Å²) < 4.78 is 43.6. The minimum Gasteiger partial charge on any atom is -0.379 e. The van der Waals surface area contributed by atoms with Crippen molar-refractivity contribution < 1.29 is 57.1 Å². The predicted molar refractivity (Wildman–Crippen MR) is 215 cm³/mol. The zero-order chi connectivity index (χ0) is 41.8. The number of carbonyl (C=O) groups excluding carboxylic acids is 4. The molecule has 0 spiro atoms. The second-order valence-corrected chi connectivity index (χ2v) is 12.9. The lowest BCUT2D eigenvalue weighted by molar-refractivity contribution is -0.132. The molecule has 18 nitrogen and oxygen atoms in total. The maximum absolute atomic E-state index is 13.3. The zero-order valence-corrected chi connectivity index (χ0v) is 34.2. The topological polar surface area (TPSA) is 228 Å². The first-order valence-corrected chi connectivity index (χ1v) is 19.8. The molecular formula is C38H67BN6O12. The van der Waals surface area contributed by atoms with E-state index in [0.717, 1.165) is 12.0 Å². The lowest BCUT2D eigenvalue weighted by atomic mass is 10.0. The van der Waals surface area contributed by atoms with Gasteiger partial charge in [-0.25, -0.2) is 4.79 Å². The molecule has 7 N–H and O–H groups in total. The number of carbonyl (C=O) groups is 4. The molecule has 0 bridgehead atoms. The van der Waals surface area contributed by atoms with Crippen molar-refractivity contribution in [1.29, 1.82) is 0 Å². The quantitative estimate of drug-likeness (QED) is 0.0395. The van der Waals surface area contributed by atoms with Crippen molar-refractivity contribution in [1.82, 2.24) is 21.2 Å². The number of ether oxygens (including phenoxy) is 8. The van der Waals surface area contributed by atoms with Gasteiger partial charge in [0.25, 0.3) is 0 Å². The van der Waals surface area contributed by atoms with E-state index in [0.29, 0.717) is 111 Å². The molecule has 1 aromatic carbocycles. The highest BCUT2D eigenvalue weighted by Crippen LogP contribution is 2.12. The van der Waals surface area contributed by atoms with Crippen molar-refractivity contribution in [2.45, 2.75) is 58.5 Å². The molecule has 0 aliphatic rings. The van der Waals surface area contributed by atoms with E-state index >= 15 is 0 Å². The number of nitrogens with one attached hydrogen (secondary N) is 5. The van der Waals surface area contributed by atoms with Crippen LogP contribution in [0.4, 0.5) is 10.5 Å². The summed E-state index contributed by atoms with van der Waals surface area (Å²) in [5.74, 6) is -1.54. The van der Waals surface area contributed by atoms with Crippen LogP contribution in [0.1, 0.15) is 45.6 Å². The molecule has 2 radical (unpaired) electrons. The maximum Gasteiger partial charge on any atom is 0.312 e. The van der Waals surface area contributed by atoms with Gasteiger partial charge < -0.3 is 70.1 Å². The van der Waals surface area contributed by atoms with E-state index in [4.69, 9.17) is 51.6 Å². The fraction of sp³-hybridized carbons (Fsp3) is 0.737. The first kappa shape index (κ1) is 51.6. The van der Waals surface area contributed by atoms with Gasteiger partial charge in [0.15, 0.2) is 7.98 Å². The van der Waals surface area contributed by atoms with Crippen molar-refractivity contribution in [3.05, 3.63) is 29.8 Å². The summed E-state index contributed by atoms with van der Waals surface area (Å²) in [6, 6.07) is 4.95. The zero-order valence-electron chi connectivity index (χ0n) is 34.2. The van der Waals surface area contributed by atoms with Crippen LogP contribution in [-0.2, 0) is 58.7 Å². The Balaban J connectivity index is 2.14. The summed E-state index contributed by atoms with van der Waals surface area (Å²) in [6.45, 7) is 13.3.